The molecule has 0 atom stereocenters. The van der Waals surface area contributed by atoms with Gasteiger partial charge in [0.15, 0.2) is 11.6 Å². The van der Waals surface area contributed by atoms with Gasteiger partial charge in [-0.25, -0.2) is 14.2 Å². The molecule has 1 aromatic carbocycles. The molecule has 1 heterocycles. The summed E-state index contributed by atoms with van der Waals surface area (Å²) in [6.45, 7) is 3.87. The largest absolute Gasteiger partial charge is 0.482 e. The van der Waals surface area contributed by atoms with Crippen LogP contribution in [0, 0.1) is 19.7 Å². The van der Waals surface area contributed by atoms with Crippen molar-refractivity contribution in [2.75, 3.05) is 0 Å². The normalized spacial score (nSPS) is 10.5. The lowest BCUT2D eigenvalue weighted by Gasteiger charge is -2.08. The van der Waals surface area contributed by atoms with Gasteiger partial charge in [-0.05, 0) is 26.0 Å². The third-order valence-corrected chi connectivity index (χ3v) is 3.66. The van der Waals surface area contributed by atoms with E-state index in [0.29, 0.717) is 5.01 Å². The predicted octanol–water partition coefficient (Wildman–Crippen LogP) is 3.18. The van der Waals surface area contributed by atoms with Crippen molar-refractivity contribution >= 4 is 17.3 Å². The van der Waals surface area contributed by atoms with Crippen molar-refractivity contribution in [2.24, 2.45) is 0 Å². The van der Waals surface area contributed by atoms with Crippen LogP contribution in [0.5, 0.6) is 5.75 Å². The second kappa shape index (κ2) is 5.36. The average Bonchev–Trinajstić information content (AvgIpc) is 2.67. The Kier molecular flexibility index (Phi) is 3.80. The molecular formula is C13H12FNO3S. The fraction of sp³-hybridized carbons (Fsp3) is 0.231. The second-order valence-electron chi connectivity index (χ2n) is 3.96. The number of halogens is 1. The van der Waals surface area contributed by atoms with E-state index in [1.807, 2.05) is 13.8 Å². The van der Waals surface area contributed by atoms with Crippen LogP contribution in [0.15, 0.2) is 18.2 Å². The highest BCUT2D eigenvalue weighted by Crippen LogP contribution is 2.25. The SMILES string of the molecule is Cc1nc(COc2c(F)cccc2C(=O)O)sc1C. The number of para-hydroxylation sites is 1. The maximum absolute atomic E-state index is 13.6. The van der Waals surface area contributed by atoms with Gasteiger partial charge in [0.2, 0.25) is 0 Å². The molecule has 100 valence electrons. The van der Waals surface area contributed by atoms with Gasteiger partial charge in [-0.3, -0.25) is 0 Å². The number of nitrogens with zero attached hydrogens (tertiary/aromatic N) is 1. The molecule has 0 aliphatic carbocycles. The van der Waals surface area contributed by atoms with E-state index >= 15 is 0 Å². The highest BCUT2D eigenvalue weighted by molar-refractivity contribution is 7.11. The number of carboxylic acids is 1. The number of ether oxygens (including phenoxy) is 1. The molecule has 19 heavy (non-hydrogen) atoms. The molecule has 4 nitrogen and oxygen atoms in total. The number of aryl methyl sites for hydroxylation is 2. The molecule has 0 fully saturated rings. The van der Waals surface area contributed by atoms with E-state index < -0.39 is 11.8 Å². The Bertz CT molecular complexity index is 605. The summed E-state index contributed by atoms with van der Waals surface area (Å²) in [4.78, 5) is 16.3. The first kappa shape index (κ1) is 13.5. The fourth-order valence-corrected chi connectivity index (χ4v) is 2.41. The van der Waals surface area contributed by atoms with E-state index in [9.17, 15) is 9.18 Å². The lowest BCUT2D eigenvalue weighted by Crippen LogP contribution is -2.05. The molecule has 0 spiro atoms. The highest BCUT2D eigenvalue weighted by atomic mass is 32.1. The van der Waals surface area contributed by atoms with Gasteiger partial charge >= 0.3 is 5.97 Å². The van der Waals surface area contributed by atoms with E-state index in [-0.39, 0.29) is 17.9 Å². The summed E-state index contributed by atoms with van der Waals surface area (Å²) >= 11 is 1.45. The molecular weight excluding hydrogens is 269 g/mol. The van der Waals surface area contributed by atoms with E-state index in [0.717, 1.165) is 10.6 Å². The second-order valence-corrected chi connectivity index (χ2v) is 5.25. The Morgan fingerprint density at radius 1 is 1.47 bits per heavy atom. The highest BCUT2D eigenvalue weighted by Gasteiger charge is 2.16. The summed E-state index contributed by atoms with van der Waals surface area (Å²) in [5, 5.41) is 9.67. The molecule has 0 saturated carbocycles. The molecule has 2 aromatic rings. The minimum Gasteiger partial charge on any atom is -0.482 e. The van der Waals surface area contributed by atoms with Crippen LogP contribution in [0.3, 0.4) is 0 Å². The average molecular weight is 281 g/mol. The van der Waals surface area contributed by atoms with Gasteiger partial charge in [0.05, 0.1) is 5.69 Å². The molecule has 1 aromatic heterocycles. The first-order valence-electron chi connectivity index (χ1n) is 5.56. The van der Waals surface area contributed by atoms with Crippen LogP contribution in [0.2, 0.25) is 0 Å². The predicted molar refractivity (Wildman–Crippen MR) is 69.3 cm³/mol. The van der Waals surface area contributed by atoms with Crippen molar-refractivity contribution in [1.82, 2.24) is 4.98 Å². The lowest BCUT2D eigenvalue weighted by atomic mass is 10.2. The number of hydrogen-bond acceptors (Lipinski definition) is 4. The molecule has 0 amide bonds. The van der Waals surface area contributed by atoms with Gasteiger partial charge in [-0.2, -0.15) is 0 Å². The molecule has 0 aliphatic heterocycles. The van der Waals surface area contributed by atoms with Gasteiger partial charge in [0.25, 0.3) is 0 Å². The number of aromatic carboxylic acids is 1. The summed E-state index contributed by atoms with van der Waals surface area (Å²) in [7, 11) is 0. The minimum absolute atomic E-state index is 0.0561. The van der Waals surface area contributed by atoms with Crippen LogP contribution < -0.4 is 4.74 Å². The quantitative estimate of drug-likeness (QED) is 0.935. The van der Waals surface area contributed by atoms with Gasteiger partial charge in [-0.15, -0.1) is 11.3 Å². The Hall–Kier alpha value is -1.95. The van der Waals surface area contributed by atoms with E-state index in [2.05, 4.69) is 4.98 Å². The molecule has 0 aliphatic rings. The first-order valence-corrected chi connectivity index (χ1v) is 6.38. The number of carboxylic acid groups (broad SMARTS) is 1. The van der Waals surface area contributed by atoms with E-state index in [4.69, 9.17) is 9.84 Å². The monoisotopic (exact) mass is 281 g/mol. The van der Waals surface area contributed by atoms with Crippen LogP contribution in [-0.2, 0) is 6.61 Å². The molecule has 0 unspecified atom stereocenters. The van der Waals surface area contributed by atoms with Crippen molar-refractivity contribution in [3.05, 3.63) is 45.2 Å². The zero-order valence-electron chi connectivity index (χ0n) is 10.4. The molecule has 2 rings (SSSR count). The molecule has 0 saturated heterocycles. The number of thiazole rings is 1. The number of benzene rings is 1. The minimum atomic E-state index is -1.22. The van der Waals surface area contributed by atoms with E-state index in [1.54, 1.807) is 0 Å². The molecule has 0 radical (unpaired) electrons. The number of hydrogen-bond donors (Lipinski definition) is 1. The van der Waals surface area contributed by atoms with Crippen molar-refractivity contribution in [2.45, 2.75) is 20.5 Å². The summed E-state index contributed by atoms with van der Waals surface area (Å²) in [5.74, 6) is -2.16. The Morgan fingerprint density at radius 2 is 2.21 bits per heavy atom. The summed E-state index contributed by atoms with van der Waals surface area (Å²) in [6.07, 6.45) is 0. The third kappa shape index (κ3) is 2.90. The molecule has 0 bridgehead atoms. The van der Waals surface area contributed by atoms with E-state index in [1.165, 1.54) is 29.5 Å². The van der Waals surface area contributed by atoms with Crippen molar-refractivity contribution in [3.8, 4) is 5.75 Å². The Morgan fingerprint density at radius 3 is 2.79 bits per heavy atom. The van der Waals surface area contributed by atoms with Crippen LogP contribution in [0.25, 0.3) is 0 Å². The lowest BCUT2D eigenvalue weighted by molar-refractivity contribution is 0.0690. The maximum Gasteiger partial charge on any atom is 0.339 e. The Balaban J connectivity index is 2.21. The number of carbonyl (C=O) groups is 1. The standard InChI is InChI=1S/C13H12FNO3S/c1-7-8(2)19-11(15-7)6-18-12-9(13(16)17)4-3-5-10(12)14/h3-5H,6H2,1-2H3,(H,16,17). The number of aromatic nitrogens is 1. The Labute approximate surface area is 113 Å². The summed E-state index contributed by atoms with van der Waals surface area (Å²) in [5.41, 5.74) is 0.709. The zero-order valence-corrected chi connectivity index (χ0v) is 11.3. The van der Waals surface area contributed by atoms with Crippen LogP contribution >= 0.6 is 11.3 Å². The van der Waals surface area contributed by atoms with Crippen LogP contribution in [0.1, 0.15) is 25.9 Å². The van der Waals surface area contributed by atoms with Gasteiger partial charge in [0, 0.05) is 4.88 Å². The van der Waals surface area contributed by atoms with Crippen LogP contribution in [0.4, 0.5) is 4.39 Å². The topological polar surface area (TPSA) is 59.4 Å². The van der Waals surface area contributed by atoms with Crippen molar-refractivity contribution < 1.29 is 19.0 Å². The third-order valence-electron chi connectivity index (χ3n) is 2.61. The smallest absolute Gasteiger partial charge is 0.339 e. The van der Waals surface area contributed by atoms with Crippen molar-refractivity contribution in [1.29, 1.82) is 0 Å². The van der Waals surface area contributed by atoms with Gasteiger partial charge < -0.3 is 9.84 Å². The van der Waals surface area contributed by atoms with Crippen molar-refractivity contribution in [3.63, 3.8) is 0 Å². The van der Waals surface area contributed by atoms with Gasteiger partial charge in [0.1, 0.15) is 17.2 Å². The fourth-order valence-electron chi connectivity index (χ4n) is 1.56. The first-order chi connectivity index (χ1) is 8.99. The molecule has 6 heteroatoms. The summed E-state index contributed by atoms with van der Waals surface area (Å²) in [6, 6.07) is 3.81. The summed E-state index contributed by atoms with van der Waals surface area (Å²) < 4.78 is 18.9. The maximum atomic E-state index is 13.6. The van der Waals surface area contributed by atoms with Crippen LogP contribution in [-0.4, -0.2) is 16.1 Å². The van der Waals surface area contributed by atoms with Gasteiger partial charge in [-0.1, -0.05) is 6.07 Å². The number of rotatable bonds is 4. The zero-order chi connectivity index (χ0) is 14.0. The molecule has 1 N–H and O–H groups in total.